The van der Waals surface area contributed by atoms with Crippen LogP contribution >= 0.6 is 11.3 Å². The lowest BCUT2D eigenvalue weighted by Gasteiger charge is -2.45. The van der Waals surface area contributed by atoms with Crippen molar-refractivity contribution in [3.8, 4) is 22.3 Å². The Morgan fingerprint density at radius 2 is 1.00 bits per heavy atom. The van der Waals surface area contributed by atoms with Gasteiger partial charge in [0, 0.05) is 25.7 Å². The third-order valence-corrected chi connectivity index (χ3v) is 11.2. The minimum absolute atomic E-state index is 0.0963. The normalized spacial score (nSPS) is 13.7. The molecule has 0 amide bonds. The Balaban J connectivity index is 1.34. The minimum atomic E-state index is -0.603. The Bertz CT molecular complexity index is 2570. The van der Waals surface area contributed by atoms with Gasteiger partial charge in [-0.3, -0.25) is 4.79 Å². The topological polar surface area (TPSA) is 20.3 Å². The Morgan fingerprint density at radius 1 is 0.426 bits per heavy atom. The summed E-state index contributed by atoms with van der Waals surface area (Å²) in [7, 11) is 0. The van der Waals surface area contributed by atoms with Gasteiger partial charge in [0.25, 0.3) is 0 Å². The summed E-state index contributed by atoms with van der Waals surface area (Å²) < 4.78 is 2.04. The fourth-order valence-electron chi connectivity index (χ4n) is 8.19. The van der Waals surface area contributed by atoms with Crippen LogP contribution in [0.5, 0.6) is 0 Å². The summed E-state index contributed by atoms with van der Waals surface area (Å²) in [6.45, 7) is 0. The third kappa shape index (κ3) is 3.52. The molecule has 2 aliphatic rings. The monoisotopic (exact) mass is 617 g/mol. The molecule has 47 heavy (non-hydrogen) atoms. The van der Waals surface area contributed by atoms with Crippen LogP contribution in [-0.2, 0) is 5.41 Å². The second-order valence-corrected chi connectivity index (χ2v) is 13.5. The molecule has 0 bridgehead atoms. The minimum Gasteiger partial charge on any atom is -0.309 e. The average Bonchev–Trinajstić information content (AvgIpc) is 3.41. The lowest BCUT2D eigenvalue weighted by atomic mass is 9.64. The number of fused-ring (bicyclic) bond motifs is 11. The molecule has 220 valence electrons. The zero-order valence-corrected chi connectivity index (χ0v) is 26.2. The van der Waals surface area contributed by atoms with Crippen molar-refractivity contribution in [1.29, 1.82) is 0 Å². The SMILES string of the molecule is O=c1c2ccccc2sc2cc3c(cc12)C1(c2ccccc2-3)c2ccccc2N(c2ccccc2-c2ccccc2)c2ccccc21. The van der Waals surface area contributed by atoms with Crippen LogP contribution in [-0.4, -0.2) is 0 Å². The smallest absolute Gasteiger partial charge is 0.195 e. The molecule has 0 atom stereocenters. The van der Waals surface area contributed by atoms with Crippen molar-refractivity contribution in [2.24, 2.45) is 0 Å². The van der Waals surface area contributed by atoms with Crippen molar-refractivity contribution >= 4 is 48.6 Å². The summed E-state index contributed by atoms with van der Waals surface area (Å²) in [4.78, 5) is 16.6. The Labute approximate surface area is 276 Å². The van der Waals surface area contributed by atoms with Crippen molar-refractivity contribution in [1.82, 2.24) is 0 Å². The van der Waals surface area contributed by atoms with Gasteiger partial charge in [0.15, 0.2) is 5.43 Å². The van der Waals surface area contributed by atoms with E-state index >= 15 is 0 Å². The van der Waals surface area contributed by atoms with Crippen molar-refractivity contribution in [3.63, 3.8) is 0 Å². The third-order valence-electron chi connectivity index (χ3n) is 10.1. The lowest BCUT2D eigenvalue weighted by Crippen LogP contribution is -2.36. The molecule has 2 heterocycles. The molecule has 1 spiro atoms. The van der Waals surface area contributed by atoms with Crippen molar-refractivity contribution in [3.05, 3.63) is 196 Å². The summed E-state index contributed by atoms with van der Waals surface area (Å²) >= 11 is 1.70. The number of nitrogens with zero attached hydrogens (tertiary/aromatic N) is 1. The van der Waals surface area contributed by atoms with E-state index in [4.69, 9.17) is 0 Å². The van der Waals surface area contributed by atoms with Gasteiger partial charge in [-0.1, -0.05) is 121 Å². The lowest BCUT2D eigenvalue weighted by molar-refractivity contribution is 0.753. The van der Waals surface area contributed by atoms with Crippen molar-refractivity contribution in [2.45, 2.75) is 5.41 Å². The number of benzene rings is 7. The van der Waals surface area contributed by atoms with Gasteiger partial charge >= 0.3 is 0 Å². The summed E-state index contributed by atoms with van der Waals surface area (Å²) in [5.41, 5.74) is 12.5. The zero-order chi connectivity index (χ0) is 31.1. The fraction of sp³-hybridized carbons (Fsp3) is 0.0227. The van der Waals surface area contributed by atoms with Crippen LogP contribution < -0.4 is 10.3 Å². The molecule has 2 nitrogen and oxygen atoms in total. The standard InChI is InChI=1S/C44H27NOS/c46-43-31-18-6-13-25-41(31)47-42-27-32-30-17-4-7-19-34(30)44(37(32)26-33(42)43)35-20-8-11-23-39(35)45(40-24-12-9-21-36(40)44)38-22-10-5-16-29(38)28-14-2-1-3-15-28/h1-27H. The van der Waals surface area contributed by atoms with Gasteiger partial charge in [-0.25, -0.2) is 0 Å². The number of rotatable bonds is 2. The maximum absolute atomic E-state index is 14.1. The maximum atomic E-state index is 14.1. The highest BCUT2D eigenvalue weighted by Crippen LogP contribution is 2.64. The molecule has 0 saturated carbocycles. The Morgan fingerprint density at radius 3 is 1.74 bits per heavy atom. The Hall–Kier alpha value is -5.77. The summed E-state index contributed by atoms with van der Waals surface area (Å²) in [6, 6.07) is 58.3. The van der Waals surface area contributed by atoms with Crippen LogP contribution in [0.25, 0.3) is 42.4 Å². The van der Waals surface area contributed by atoms with Gasteiger partial charge < -0.3 is 4.90 Å². The largest absolute Gasteiger partial charge is 0.309 e. The van der Waals surface area contributed by atoms with Crippen molar-refractivity contribution < 1.29 is 0 Å². The van der Waals surface area contributed by atoms with E-state index in [1.165, 1.54) is 44.5 Å². The Kier molecular flexibility index (Phi) is 5.55. The quantitative estimate of drug-likeness (QED) is 0.180. The molecule has 8 aromatic rings. The molecule has 1 aliphatic heterocycles. The predicted molar refractivity (Wildman–Crippen MR) is 197 cm³/mol. The zero-order valence-electron chi connectivity index (χ0n) is 25.4. The molecule has 0 N–H and O–H groups in total. The molecule has 0 radical (unpaired) electrons. The number of para-hydroxylation sites is 3. The second kappa shape index (κ2) is 9.86. The highest BCUT2D eigenvalue weighted by atomic mass is 32.1. The molecule has 0 fully saturated rings. The molecule has 3 heteroatoms. The predicted octanol–water partition coefficient (Wildman–Crippen LogP) is 11.2. The molecule has 1 aliphatic carbocycles. The van der Waals surface area contributed by atoms with Crippen LogP contribution in [0.1, 0.15) is 22.3 Å². The van der Waals surface area contributed by atoms with Gasteiger partial charge in [-0.05, 0) is 81.4 Å². The highest BCUT2D eigenvalue weighted by molar-refractivity contribution is 7.24. The highest BCUT2D eigenvalue weighted by Gasteiger charge is 2.52. The van der Waals surface area contributed by atoms with E-state index in [0.29, 0.717) is 0 Å². The van der Waals surface area contributed by atoms with Gasteiger partial charge in [0.2, 0.25) is 0 Å². The molecule has 0 unspecified atom stereocenters. The number of hydrogen-bond donors (Lipinski definition) is 0. The molecule has 1 aromatic heterocycles. The van der Waals surface area contributed by atoms with Gasteiger partial charge in [-0.2, -0.15) is 0 Å². The first-order chi connectivity index (χ1) is 23.2. The van der Waals surface area contributed by atoms with Crippen LogP contribution in [0.15, 0.2) is 169 Å². The van der Waals surface area contributed by atoms with E-state index in [1.807, 2.05) is 18.2 Å². The second-order valence-electron chi connectivity index (χ2n) is 12.4. The van der Waals surface area contributed by atoms with Crippen LogP contribution in [0.2, 0.25) is 0 Å². The van der Waals surface area contributed by atoms with E-state index in [2.05, 4.69) is 150 Å². The van der Waals surface area contributed by atoms with Gasteiger partial charge in [0.1, 0.15) is 0 Å². The van der Waals surface area contributed by atoms with E-state index in [0.717, 1.165) is 37.2 Å². The number of hydrogen-bond acceptors (Lipinski definition) is 3. The summed E-state index contributed by atoms with van der Waals surface area (Å²) in [5.74, 6) is 0. The fourth-order valence-corrected chi connectivity index (χ4v) is 9.28. The van der Waals surface area contributed by atoms with Gasteiger partial charge in [0.05, 0.1) is 22.5 Å². The number of anilines is 3. The van der Waals surface area contributed by atoms with Crippen molar-refractivity contribution in [2.75, 3.05) is 4.90 Å². The molecular formula is C44H27NOS. The molecule has 7 aromatic carbocycles. The molecular weight excluding hydrogens is 591 g/mol. The van der Waals surface area contributed by atoms with Crippen LogP contribution in [0.3, 0.4) is 0 Å². The van der Waals surface area contributed by atoms with E-state index in [1.54, 1.807) is 11.3 Å². The molecule has 10 rings (SSSR count). The molecule has 0 saturated heterocycles. The summed E-state index contributed by atoms with van der Waals surface area (Å²) in [6.07, 6.45) is 0. The first kappa shape index (κ1) is 26.4. The maximum Gasteiger partial charge on any atom is 0.195 e. The average molecular weight is 618 g/mol. The van der Waals surface area contributed by atoms with Crippen LogP contribution in [0.4, 0.5) is 17.1 Å². The first-order valence-corrected chi connectivity index (χ1v) is 16.8. The summed E-state index contributed by atoms with van der Waals surface area (Å²) in [5, 5.41) is 1.56. The van der Waals surface area contributed by atoms with Crippen LogP contribution in [0, 0.1) is 0 Å². The first-order valence-electron chi connectivity index (χ1n) is 16.0. The van der Waals surface area contributed by atoms with E-state index < -0.39 is 5.41 Å². The van der Waals surface area contributed by atoms with E-state index in [-0.39, 0.29) is 5.43 Å². The van der Waals surface area contributed by atoms with E-state index in [9.17, 15) is 4.79 Å². The van der Waals surface area contributed by atoms with Gasteiger partial charge in [-0.15, -0.1) is 11.3 Å².